The highest BCUT2D eigenvalue weighted by atomic mass is 16.3. The van der Waals surface area contributed by atoms with E-state index < -0.39 is 5.60 Å². The van der Waals surface area contributed by atoms with Gasteiger partial charge in [0.2, 0.25) is 5.91 Å². The Morgan fingerprint density at radius 2 is 2.00 bits per heavy atom. The predicted molar refractivity (Wildman–Crippen MR) is 105 cm³/mol. The van der Waals surface area contributed by atoms with Crippen molar-refractivity contribution in [2.75, 3.05) is 31.1 Å². The fraction of sp³-hybridized carbons (Fsp3) is 0.524. The summed E-state index contributed by atoms with van der Waals surface area (Å²) in [5.74, 6) is 1.10. The van der Waals surface area contributed by atoms with Gasteiger partial charge in [-0.1, -0.05) is 18.2 Å². The summed E-state index contributed by atoms with van der Waals surface area (Å²) in [5, 5.41) is 10.9. The molecular formula is C21H28N4O2. The molecule has 0 radical (unpaired) electrons. The Morgan fingerprint density at radius 3 is 2.74 bits per heavy atom. The van der Waals surface area contributed by atoms with Crippen LogP contribution < -0.4 is 4.90 Å². The topological polar surface area (TPSA) is 61.6 Å². The molecule has 0 spiro atoms. The molecule has 1 fully saturated rings. The minimum absolute atomic E-state index is 0.195. The second kappa shape index (κ2) is 7.35. The first-order valence-corrected chi connectivity index (χ1v) is 9.85. The lowest BCUT2D eigenvalue weighted by Crippen LogP contribution is -2.49. The predicted octanol–water partition coefficient (Wildman–Crippen LogP) is 2.00. The summed E-state index contributed by atoms with van der Waals surface area (Å²) in [5.41, 5.74) is 1.90. The fourth-order valence-electron chi connectivity index (χ4n) is 4.25. The molecule has 1 saturated heterocycles. The van der Waals surface area contributed by atoms with Gasteiger partial charge in [0, 0.05) is 50.7 Å². The number of amides is 1. The van der Waals surface area contributed by atoms with Crippen molar-refractivity contribution in [3.8, 4) is 0 Å². The number of carbonyl (C=O) groups is 1. The molecule has 0 aliphatic carbocycles. The third kappa shape index (κ3) is 3.86. The monoisotopic (exact) mass is 368 g/mol. The van der Waals surface area contributed by atoms with Crippen molar-refractivity contribution < 1.29 is 9.90 Å². The molecule has 3 heterocycles. The van der Waals surface area contributed by atoms with Gasteiger partial charge in [-0.05, 0) is 37.8 Å². The molecule has 1 amide bonds. The Kier molecular flexibility index (Phi) is 4.91. The van der Waals surface area contributed by atoms with Crippen molar-refractivity contribution >= 4 is 11.6 Å². The van der Waals surface area contributed by atoms with E-state index in [1.165, 1.54) is 11.3 Å². The van der Waals surface area contributed by atoms with Crippen LogP contribution in [0.2, 0.25) is 0 Å². The maximum Gasteiger partial charge on any atom is 0.224 e. The van der Waals surface area contributed by atoms with Gasteiger partial charge < -0.3 is 19.5 Å². The van der Waals surface area contributed by atoms with Gasteiger partial charge in [-0.15, -0.1) is 0 Å². The van der Waals surface area contributed by atoms with Crippen LogP contribution in [-0.2, 0) is 17.8 Å². The first-order valence-electron chi connectivity index (χ1n) is 9.85. The van der Waals surface area contributed by atoms with E-state index in [9.17, 15) is 9.90 Å². The van der Waals surface area contributed by atoms with Crippen LogP contribution in [0, 0.1) is 6.92 Å². The summed E-state index contributed by atoms with van der Waals surface area (Å²) in [7, 11) is 0. The summed E-state index contributed by atoms with van der Waals surface area (Å²) in [4.78, 5) is 21.1. The summed E-state index contributed by atoms with van der Waals surface area (Å²) in [6.45, 7) is 5.50. The van der Waals surface area contributed by atoms with Crippen molar-refractivity contribution in [3.63, 3.8) is 0 Å². The van der Waals surface area contributed by atoms with E-state index in [1.807, 2.05) is 22.6 Å². The molecule has 144 valence electrons. The molecule has 2 aliphatic heterocycles. The van der Waals surface area contributed by atoms with Crippen LogP contribution in [-0.4, -0.2) is 57.2 Å². The Bertz CT molecular complexity index is 808. The number of likely N-dealkylation sites (tertiary alicyclic amines) is 1. The average molecular weight is 368 g/mol. The first kappa shape index (κ1) is 18.0. The zero-order valence-corrected chi connectivity index (χ0v) is 16.0. The van der Waals surface area contributed by atoms with Crippen molar-refractivity contribution in [3.05, 3.63) is 48.0 Å². The molecule has 4 rings (SSSR count). The number of aromatic nitrogens is 2. The Labute approximate surface area is 160 Å². The van der Waals surface area contributed by atoms with Crippen LogP contribution in [0.1, 0.15) is 30.7 Å². The average Bonchev–Trinajstić information content (AvgIpc) is 3.26. The molecule has 2 aliphatic rings. The van der Waals surface area contributed by atoms with Crippen LogP contribution in [0.3, 0.4) is 0 Å². The number of nitrogens with zero attached hydrogens (tertiary/aromatic N) is 4. The largest absolute Gasteiger partial charge is 0.388 e. The molecule has 0 bridgehead atoms. The maximum atomic E-state index is 12.7. The minimum Gasteiger partial charge on any atom is -0.388 e. The van der Waals surface area contributed by atoms with Crippen LogP contribution in [0.15, 0.2) is 36.7 Å². The van der Waals surface area contributed by atoms with Crippen LogP contribution in [0.25, 0.3) is 0 Å². The second-order valence-corrected chi connectivity index (χ2v) is 7.82. The van der Waals surface area contributed by atoms with Gasteiger partial charge >= 0.3 is 0 Å². The SMILES string of the molecule is Cc1nccn1CC1(O)CCN(C(=O)CCN2CCc3ccccc32)CC1. The van der Waals surface area contributed by atoms with E-state index in [0.29, 0.717) is 38.9 Å². The Morgan fingerprint density at radius 1 is 1.22 bits per heavy atom. The van der Waals surface area contributed by atoms with Gasteiger partial charge in [0.1, 0.15) is 5.82 Å². The van der Waals surface area contributed by atoms with E-state index in [2.05, 4.69) is 34.1 Å². The van der Waals surface area contributed by atoms with Crippen molar-refractivity contribution in [2.45, 2.75) is 44.8 Å². The highest BCUT2D eigenvalue weighted by Gasteiger charge is 2.34. The number of fused-ring (bicyclic) bond motifs is 1. The molecule has 0 saturated carbocycles. The number of benzene rings is 1. The standard InChI is InChI=1S/C21H28N4O2/c1-17-22-10-15-25(17)16-21(27)8-13-24(14-9-21)20(26)7-12-23-11-6-18-4-2-3-5-19(18)23/h2-5,10,15,27H,6-9,11-14,16H2,1H3. The Balaban J connectivity index is 1.27. The summed E-state index contributed by atoms with van der Waals surface area (Å²) >= 11 is 0. The number of aliphatic hydroxyl groups is 1. The molecule has 0 atom stereocenters. The molecule has 6 nitrogen and oxygen atoms in total. The molecule has 1 aromatic carbocycles. The number of hydrogen-bond donors (Lipinski definition) is 1. The number of anilines is 1. The van der Waals surface area contributed by atoms with Gasteiger partial charge in [-0.2, -0.15) is 0 Å². The number of piperidine rings is 1. The quantitative estimate of drug-likeness (QED) is 0.877. The van der Waals surface area contributed by atoms with E-state index >= 15 is 0 Å². The van der Waals surface area contributed by atoms with Gasteiger partial charge in [0.25, 0.3) is 0 Å². The number of imidazole rings is 1. The lowest BCUT2D eigenvalue weighted by Gasteiger charge is -2.38. The number of aryl methyl sites for hydroxylation is 1. The van der Waals surface area contributed by atoms with Gasteiger partial charge in [0.15, 0.2) is 0 Å². The number of hydrogen-bond acceptors (Lipinski definition) is 4. The zero-order chi connectivity index (χ0) is 18.9. The highest BCUT2D eigenvalue weighted by Crippen LogP contribution is 2.28. The summed E-state index contributed by atoms with van der Waals surface area (Å²) in [6.07, 6.45) is 6.49. The number of rotatable bonds is 5. The molecule has 2 aromatic rings. The van der Waals surface area contributed by atoms with Gasteiger partial charge in [-0.3, -0.25) is 4.79 Å². The van der Waals surface area contributed by atoms with Crippen molar-refractivity contribution in [1.29, 1.82) is 0 Å². The molecule has 0 unspecified atom stereocenters. The first-order chi connectivity index (χ1) is 13.0. The number of para-hydroxylation sites is 1. The molecule has 1 aromatic heterocycles. The zero-order valence-electron chi connectivity index (χ0n) is 16.0. The third-order valence-corrected chi connectivity index (χ3v) is 6.01. The van der Waals surface area contributed by atoms with Gasteiger partial charge in [-0.25, -0.2) is 4.98 Å². The van der Waals surface area contributed by atoms with E-state index in [0.717, 1.165) is 25.3 Å². The van der Waals surface area contributed by atoms with E-state index in [-0.39, 0.29) is 5.91 Å². The maximum absolute atomic E-state index is 12.7. The van der Waals surface area contributed by atoms with E-state index in [4.69, 9.17) is 0 Å². The van der Waals surface area contributed by atoms with Gasteiger partial charge in [0.05, 0.1) is 12.1 Å². The lowest BCUT2D eigenvalue weighted by atomic mass is 9.91. The van der Waals surface area contributed by atoms with Crippen LogP contribution in [0.5, 0.6) is 0 Å². The van der Waals surface area contributed by atoms with Crippen molar-refractivity contribution in [1.82, 2.24) is 14.5 Å². The van der Waals surface area contributed by atoms with Crippen molar-refractivity contribution in [2.24, 2.45) is 0 Å². The molecule has 27 heavy (non-hydrogen) atoms. The normalized spacial score (nSPS) is 18.6. The third-order valence-electron chi connectivity index (χ3n) is 6.01. The fourth-order valence-corrected chi connectivity index (χ4v) is 4.25. The summed E-state index contributed by atoms with van der Waals surface area (Å²) < 4.78 is 1.99. The number of carbonyl (C=O) groups excluding carboxylic acids is 1. The highest BCUT2D eigenvalue weighted by molar-refractivity contribution is 5.77. The summed E-state index contributed by atoms with van der Waals surface area (Å²) in [6, 6.07) is 8.45. The Hall–Kier alpha value is -2.34. The van der Waals surface area contributed by atoms with Crippen LogP contribution >= 0.6 is 0 Å². The smallest absolute Gasteiger partial charge is 0.224 e. The molecule has 6 heteroatoms. The molecule has 1 N–H and O–H groups in total. The van der Waals surface area contributed by atoms with E-state index in [1.54, 1.807) is 6.20 Å². The second-order valence-electron chi connectivity index (χ2n) is 7.82. The molecular weight excluding hydrogens is 340 g/mol. The van der Waals surface area contributed by atoms with Crippen LogP contribution in [0.4, 0.5) is 5.69 Å². The minimum atomic E-state index is -0.754. The lowest BCUT2D eigenvalue weighted by molar-refractivity contribution is -0.135.